The van der Waals surface area contributed by atoms with Gasteiger partial charge in [-0.2, -0.15) is 0 Å². The van der Waals surface area contributed by atoms with Crippen molar-refractivity contribution in [1.29, 1.82) is 0 Å². The quantitative estimate of drug-likeness (QED) is 0.840. The number of aliphatic hydroxyl groups excluding tert-OH is 1. The Hall–Kier alpha value is -2.25. The average molecular weight is 376 g/mol. The molecule has 1 aromatic carbocycles. The molecule has 144 valence electrons. The van der Waals surface area contributed by atoms with Crippen LogP contribution in [-0.4, -0.2) is 45.5 Å². The normalized spacial score (nSPS) is 26.1. The number of rotatable bonds is 5. The van der Waals surface area contributed by atoms with Crippen LogP contribution >= 0.6 is 0 Å². The zero-order valence-corrected chi connectivity index (χ0v) is 14.8. The number of aromatic hydroxyl groups is 1. The van der Waals surface area contributed by atoms with Crippen LogP contribution in [0.3, 0.4) is 0 Å². The fourth-order valence-corrected chi connectivity index (χ4v) is 4.22. The molecule has 2 N–H and O–H groups in total. The van der Waals surface area contributed by atoms with Crippen LogP contribution in [-0.2, 0) is 6.42 Å². The van der Waals surface area contributed by atoms with Crippen LogP contribution in [0, 0.1) is 23.5 Å². The number of ether oxygens (including phenoxy) is 1. The lowest BCUT2D eigenvalue weighted by molar-refractivity contribution is 0.0122. The maximum Gasteiger partial charge on any atom is 0.167 e. The average Bonchev–Trinajstić information content (AvgIpc) is 3.18. The molecule has 7 heteroatoms. The van der Waals surface area contributed by atoms with Crippen molar-refractivity contribution in [3.8, 4) is 11.5 Å². The van der Waals surface area contributed by atoms with Gasteiger partial charge in [0.05, 0.1) is 12.3 Å². The van der Waals surface area contributed by atoms with Gasteiger partial charge in [-0.05, 0) is 48.9 Å². The molecule has 27 heavy (non-hydrogen) atoms. The summed E-state index contributed by atoms with van der Waals surface area (Å²) < 4.78 is 32.5. The van der Waals surface area contributed by atoms with Crippen LogP contribution in [0.15, 0.2) is 36.5 Å². The van der Waals surface area contributed by atoms with Crippen LogP contribution in [0.5, 0.6) is 11.5 Å². The Kier molecular flexibility index (Phi) is 4.97. The molecule has 0 spiro atoms. The summed E-state index contributed by atoms with van der Waals surface area (Å²) in [7, 11) is 0. The van der Waals surface area contributed by atoms with Gasteiger partial charge in [-0.1, -0.05) is 0 Å². The van der Waals surface area contributed by atoms with Gasteiger partial charge in [0, 0.05) is 31.3 Å². The summed E-state index contributed by atoms with van der Waals surface area (Å²) in [5.74, 6) is -0.312. The van der Waals surface area contributed by atoms with Gasteiger partial charge in [-0.3, -0.25) is 9.88 Å². The summed E-state index contributed by atoms with van der Waals surface area (Å²) in [4.78, 5) is 6.16. The van der Waals surface area contributed by atoms with Crippen molar-refractivity contribution in [2.24, 2.45) is 11.8 Å². The predicted octanol–water partition coefficient (Wildman–Crippen LogP) is 2.72. The largest absolute Gasteiger partial charge is 0.506 e. The first kappa shape index (κ1) is 18.1. The summed E-state index contributed by atoms with van der Waals surface area (Å²) in [6.07, 6.45) is 2.65. The van der Waals surface area contributed by atoms with Crippen LogP contribution in [0.4, 0.5) is 8.78 Å². The number of aromatic nitrogens is 1. The van der Waals surface area contributed by atoms with E-state index in [0.717, 1.165) is 37.7 Å². The minimum Gasteiger partial charge on any atom is -0.506 e. The Morgan fingerprint density at radius 3 is 2.52 bits per heavy atom. The molecule has 1 saturated heterocycles. The number of benzene rings is 1. The molecule has 4 rings (SSSR count). The molecule has 1 aliphatic carbocycles. The molecule has 0 bridgehead atoms. The van der Waals surface area contributed by atoms with E-state index in [1.807, 2.05) is 4.90 Å². The van der Waals surface area contributed by atoms with Crippen LogP contribution in [0.1, 0.15) is 18.5 Å². The predicted molar refractivity (Wildman–Crippen MR) is 94.2 cm³/mol. The molecule has 2 aromatic rings. The second kappa shape index (κ2) is 7.40. The van der Waals surface area contributed by atoms with Crippen molar-refractivity contribution in [2.45, 2.75) is 31.6 Å². The molecule has 1 aromatic heterocycles. The Labute approximate surface area is 156 Å². The molecule has 0 radical (unpaired) electrons. The number of nitrogens with zero attached hydrogens (tertiary/aromatic N) is 2. The number of hydrogen-bond donors (Lipinski definition) is 2. The highest BCUT2D eigenvalue weighted by molar-refractivity contribution is 5.25. The summed E-state index contributed by atoms with van der Waals surface area (Å²) in [5.41, 5.74) is 0.727. The van der Waals surface area contributed by atoms with Gasteiger partial charge in [0.25, 0.3) is 0 Å². The standard InChI is InChI=1S/C20H22F2N2O3/c21-14-1-4-19(18(22)7-14)27-17-5-12-10-24(11-13(12)6-17)20(26)8-15-2-3-16(25)9-23-15/h1-4,7,9,12-13,17,20,25-26H,5-6,8,10-11H2/t12-,13+,17-,20?. The van der Waals surface area contributed by atoms with Crippen LogP contribution < -0.4 is 4.74 Å². The third-order valence-corrected chi connectivity index (χ3v) is 5.55. The number of hydrogen-bond acceptors (Lipinski definition) is 5. The van der Waals surface area contributed by atoms with E-state index in [9.17, 15) is 19.0 Å². The Morgan fingerprint density at radius 2 is 1.89 bits per heavy atom. The number of pyridine rings is 1. The number of fused-ring (bicyclic) bond motifs is 1. The third-order valence-electron chi connectivity index (χ3n) is 5.55. The van der Waals surface area contributed by atoms with E-state index in [1.165, 1.54) is 18.3 Å². The topological polar surface area (TPSA) is 65.8 Å². The molecule has 4 atom stereocenters. The highest BCUT2D eigenvalue weighted by Crippen LogP contribution is 2.40. The smallest absolute Gasteiger partial charge is 0.167 e. The summed E-state index contributed by atoms with van der Waals surface area (Å²) in [6.45, 7) is 1.52. The van der Waals surface area contributed by atoms with E-state index in [1.54, 1.807) is 12.1 Å². The van der Waals surface area contributed by atoms with Crippen LogP contribution in [0.2, 0.25) is 0 Å². The lowest BCUT2D eigenvalue weighted by Gasteiger charge is -2.24. The molecule has 2 aliphatic rings. The monoisotopic (exact) mass is 376 g/mol. The molecule has 1 aliphatic heterocycles. The summed E-state index contributed by atoms with van der Waals surface area (Å²) in [6, 6.07) is 6.63. The highest BCUT2D eigenvalue weighted by atomic mass is 19.1. The molecular formula is C20H22F2N2O3. The van der Waals surface area contributed by atoms with Gasteiger partial charge in [0.1, 0.15) is 17.8 Å². The van der Waals surface area contributed by atoms with Gasteiger partial charge in [-0.25, -0.2) is 8.78 Å². The second-order valence-corrected chi connectivity index (χ2v) is 7.45. The Morgan fingerprint density at radius 1 is 1.15 bits per heavy atom. The summed E-state index contributed by atoms with van der Waals surface area (Å²) >= 11 is 0. The first-order chi connectivity index (χ1) is 13.0. The summed E-state index contributed by atoms with van der Waals surface area (Å²) in [5, 5.41) is 19.8. The first-order valence-electron chi connectivity index (χ1n) is 9.15. The zero-order valence-electron chi connectivity index (χ0n) is 14.8. The molecule has 5 nitrogen and oxygen atoms in total. The van der Waals surface area contributed by atoms with E-state index in [2.05, 4.69) is 4.98 Å². The molecule has 2 fully saturated rings. The molecule has 2 heterocycles. The second-order valence-electron chi connectivity index (χ2n) is 7.45. The van der Waals surface area contributed by atoms with Gasteiger partial charge < -0.3 is 14.9 Å². The Balaban J connectivity index is 1.30. The number of likely N-dealkylation sites (tertiary alicyclic amines) is 1. The van der Waals surface area contributed by atoms with Gasteiger partial charge >= 0.3 is 0 Å². The fraction of sp³-hybridized carbons (Fsp3) is 0.450. The maximum absolute atomic E-state index is 13.8. The highest BCUT2D eigenvalue weighted by Gasteiger charge is 2.43. The minimum atomic E-state index is -0.675. The SMILES string of the molecule is Oc1ccc(CC(O)N2C[C@H]3C[C@@H](Oc4ccc(F)cc4F)C[C@H]3C2)nc1. The number of aliphatic hydroxyl groups is 1. The van der Waals surface area contributed by atoms with Crippen molar-refractivity contribution in [3.05, 3.63) is 53.9 Å². The van der Waals surface area contributed by atoms with Crippen molar-refractivity contribution in [2.75, 3.05) is 13.1 Å². The number of halogens is 2. The van der Waals surface area contributed by atoms with Crippen molar-refractivity contribution in [1.82, 2.24) is 9.88 Å². The zero-order chi connectivity index (χ0) is 19.0. The van der Waals surface area contributed by atoms with E-state index in [0.29, 0.717) is 18.3 Å². The third kappa shape index (κ3) is 4.04. The maximum atomic E-state index is 13.8. The molecule has 1 saturated carbocycles. The van der Waals surface area contributed by atoms with E-state index in [4.69, 9.17) is 4.74 Å². The Bertz CT molecular complexity index is 788. The van der Waals surface area contributed by atoms with Crippen molar-refractivity contribution in [3.63, 3.8) is 0 Å². The van der Waals surface area contributed by atoms with E-state index < -0.39 is 17.9 Å². The van der Waals surface area contributed by atoms with E-state index >= 15 is 0 Å². The van der Waals surface area contributed by atoms with Crippen molar-refractivity contribution >= 4 is 0 Å². The molecule has 1 unspecified atom stereocenters. The van der Waals surface area contributed by atoms with Crippen molar-refractivity contribution < 1.29 is 23.7 Å². The van der Waals surface area contributed by atoms with Gasteiger partial charge in [-0.15, -0.1) is 0 Å². The van der Waals surface area contributed by atoms with Gasteiger partial charge in [0.15, 0.2) is 11.6 Å². The fourth-order valence-electron chi connectivity index (χ4n) is 4.22. The minimum absolute atomic E-state index is 0.0852. The van der Waals surface area contributed by atoms with Crippen LogP contribution in [0.25, 0.3) is 0 Å². The lowest BCUT2D eigenvalue weighted by Crippen LogP contribution is -2.36. The first-order valence-corrected chi connectivity index (χ1v) is 9.15. The van der Waals surface area contributed by atoms with E-state index in [-0.39, 0.29) is 17.6 Å². The lowest BCUT2D eigenvalue weighted by atomic mass is 10.0. The van der Waals surface area contributed by atoms with Gasteiger partial charge in [0.2, 0.25) is 0 Å². The molecule has 0 amide bonds. The molecular weight excluding hydrogens is 354 g/mol.